The molecule has 2 heterocycles. The number of halogens is 1. The molecule has 0 atom stereocenters. The molecular weight excluding hydrogens is 295 g/mol. The van der Waals surface area contributed by atoms with Crippen molar-refractivity contribution in [3.63, 3.8) is 0 Å². The second-order valence-corrected chi connectivity index (χ2v) is 6.37. The highest BCUT2D eigenvalue weighted by molar-refractivity contribution is 6.00. The summed E-state index contributed by atoms with van der Waals surface area (Å²) in [5, 5.41) is 0. The summed E-state index contributed by atoms with van der Waals surface area (Å²) in [6.45, 7) is 2.68. The average Bonchev–Trinajstić information content (AvgIpc) is 2.62. The molecule has 1 aromatic rings. The second-order valence-electron chi connectivity index (χ2n) is 6.37. The van der Waals surface area contributed by atoms with Gasteiger partial charge >= 0.3 is 0 Å². The van der Waals surface area contributed by atoms with Gasteiger partial charge < -0.3 is 9.80 Å². The van der Waals surface area contributed by atoms with E-state index in [0.29, 0.717) is 26.2 Å². The van der Waals surface area contributed by atoms with E-state index >= 15 is 0 Å². The van der Waals surface area contributed by atoms with Crippen LogP contribution in [0.2, 0.25) is 0 Å². The van der Waals surface area contributed by atoms with Crippen molar-refractivity contribution in [2.24, 2.45) is 0 Å². The van der Waals surface area contributed by atoms with E-state index in [1.54, 1.807) is 15.9 Å². The molecule has 0 spiro atoms. The van der Waals surface area contributed by atoms with E-state index < -0.39 is 5.82 Å². The number of amides is 2. The van der Waals surface area contributed by atoms with Gasteiger partial charge in [-0.2, -0.15) is 0 Å². The Morgan fingerprint density at radius 2 is 1.13 bits per heavy atom. The van der Waals surface area contributed by atoms with Crippen molar-refractivity contribution in [2.75, 3.05) is 26.2 Å². The first-order valence-electron chi connectivity index (χ1n) is 8.55. The van der Waals surface area contributed by atoms with Crippen LogP contribution >= 0.6 is 0 Å². The van der Waals surface area contributed by atoms with Crippen LogP contribution in [0.1, 0.15) is 59.2 Å². The van der Waals surface area contributed by atoms with Crippen LogP contribution in [0.5, 0.6) is 0 Å². The van der Waals surface area contributed by atoms with E-state index in [1.807, 2.05) is 0 Å². The molecule has 0 N–H and O–H groups in total. The molecule has 0 saturated carbocycles. The molecule has 2 aliphatic rings. The molecule has 2 saturated heterocycles. The van der Waals surface area contributed by atoms with Crippen LogP contribution in [0, 0.1) is 5.82 Å². The van der Waals surface area contributed by atoms with Gasteiger partial charge in [0.1, 0.15) is 5.82 Å². The lowest BCUT2D eigenvalue weighted by Crippen LogP contribution is -2.38. The number of carbonyl (C=O) groups is 2. The van der Waals surface area contributed by atoms with Crippen LogP contribution in [-0.2, 0) is 0 Å². The molecule has 4 nitrogen and oxygen atoms in total. The summed E-state index contributed by atoms with van der Waals surface area (Å²) in [6, 6.07) is 4.58. The number of benzene rings is 1. The number of hydrogen-bond donors (Lipinski definition) is 0. The van der Waals surface area contributed by atoms with E-state index in [4.69, 9.17) is 0 Å². The SMILES string of the molecule is O=C(c1cccc(C(=O)N2CCCCC2)c1F)N1CCCCC1. The summed E-state index contributed by atoms with van der Waals surface area (Å²) in [5.74, 6) is -1.26. The van der Waals surface area contributed by atoms with Crippen molar-refractivity contribution in [1.29, 1.82) is 0 Å². The summed E-state index contributed by atoms with van der Waals surface area (Å²) in [5.41, 5.74) is 0.0459. The Labute approximate surface area is 136 Å². The highest BCUT2D eigenvalue weighted by Crippen LogP contribution is 2.21. The molecule has 0 radical (unpaired) electrons. The number of carbonyl (C=O) groups excluding carboxylic acids is 2. The van der Waals surface area contributed by atoms with Gasteiger partial charge in [0.25, 0.3) is 11.8 Å². The van der Waals surface area contributed by atoms with Crippen LogP contribution in [0.4, 0.5) is 4.39 Å². The maximum absolute atomic E-state index is 14.8. The Hall–Kier alpha value is -1.91. The number of rotatable bonds is 2. The summed E-state index contributed by atoms with van der Waals surface area (Å²) in [4.78, 5) is 28.4. The van der Waals surface area contributed by atoms with Gasteiger partial charge in [-0.1, -0.05) is 6.07 Å². The number of piperidine rings is 2. The highest BCUT2D eigenvalue weighted by atomic mass is 19.1. The smallest absolute Gasteiger partial charge is 0.256 e. The van der Waals surface area contributed by atoms with Crippen molar-refractivity contribution in [3.8, 4) is 0 Å². The quantitative estimate of drug-likeness (QED) is 0.841. The molecule has 2 aliphatic heterocycles. The largest absolute Gasteiger partial charge is 0.339 e. The Morgan fingerprint density at radius 1 is 0.739 bits per heavy atom. The molecule has 2 fully saturated rings. The van der Waals surface area contributed by atoms with Gasteiger partial charge in [-0.3, -0.25) is 9.59 Å². The van der Waals surface area contributed by atoms with E-state index in [0.717, 1.165) is 38.5 Å². The van der Waals surface area contributed by atoms with E-state index in [-0.39, 0.29) is 22.9 Å². The van der Waals surface area contributed by atoms with Gasteiger partial charge in [0.15, 0.2) is 0 Å². The lowest BCUT2D eigenvalue weighted by Gasteiger charge is -2.28. The average molecular weight is 318 g/mol. The molecule has 23 heavy (non-hydrogen) atoms. The van der Waals surface area contributed by atoms with Crippen molar-refractivity contribution in [2.45, 2.75) is 38.5 Å². The maximum atomic E-state index is 14.8. The van der Waals surface area contributed by atoms with E-state index in [2.05, 4.69) is 0 Å². The molecule has 124 valence electrons. The summed E-state index contributed by atoms with van der Waals surface area (Å²) in [7, 11) is 0. The molecule has 0 aliphatic carbocycles. The Bertz CT molecular complexity index is 542. The summed E-state index contributed by atoms with van der Waals surface area (Å²) in [6.07, 6.45) is 6.05. The first-order chi connectivity index (χ1) is 11.2. The van der Waals surface area contributed by atoms with Gasteiger partial charge in [-0.15, -0.1) is 0 Å². The highest BCUT2D eigenvalue weighted by Gasteiger charge is 2.26. The first kappa shape index (κ1) is 16.0. The topological polar surface area (TPSA) is 40.6 Å². The Kier molecular flexibility index (Phi) is 4.94. The lowest BCUT2D eigenvalue weighted by molar-refractivity contribution is 0.0713. The van der Waals surface area contributed by atoms with Crippen LogP contribution in [0.25, 0.3) is 0 Å². The zero-order chi connectivity index (χ0) is 16.2. The van der Waals surface area contributed by atoms with E-state index in [9.17, 15) is 14.0 Å². The fraction of sp³-hybridized carbons (Fsp3) is 0.556. The molecule has 2 amide bonds. The van der Waals surface area contributed by atoms with Crippen LogP contribution in [0.3, 0.4) is 0 Å². The molecule has 0 bridgehead atoms. The number of nitrogens with zero attached hydrogens (tertiary/aromatic N) is 2. The van der Waals surface area contributed by atoms with Crippen molar-refractivity contribution in [1.82, 2.24) is 9.80 Å². The zero-order valence-electron chi connectivity index (χ0n) is 13.4. The fourth-order valence-corrected chi connectivity index (χ4v) is 3.40. The molecule has 0 unspecified atom stereocenters. The predicted octanol–water partition coefficient (Wildman–Crippen LogP) is 3.08. The van der Waals surface area contributed by atoms with Gasteiger partial charge in [-0.05, 0) is 50.7 Å². The zero-order valence-corrected chi connectivity index (χ0v) is 13.4. The number of hydrogen-bond acceptors (Lipinski definition) is 2. The standard InChI is InChI=1S/C18H23FN2O2/c19-16-14(17(22)20-10-3-1-4-11-20)8-7-9-15(16)18(23)21-12-5-2-6-13-21/h7-9H,1-6,10-13H2. The van der Waals surface area contributed by atoms with Crippen molar-refractivity contribution in [3.05, 3.63) is 35.1 Å². The molecule has 0 aromatic heterocycles. The maximum Gasteiger partial charge on any atom is 0.256 e. The number of likely N-dealkylation sites (tertiary alicyclic amines) is 2. The van der Waals surface area contributed by atoms with Gasteiger partial charge in [0.2, 0.25) is 0 Å². The summed E-state index contributed by atoms with van der Waals surface area (Å²) < 4.78 is 14.8. The molecule has 5 heteroatoms. The van der Waals surface area contributed by atoms with Crippen LogP contribution in [0.15, 0.2) is 18.2 Å². The monoisotopic (exact) mass is 318 g/mol. The lowest BCUT2D eigenvalue weighted by atomic mass is 10.0. The molecular formula is C18H23FN2O2. The van der Waals surface area contributed by atoms with Gasteiger partial charge in [-0.25, -0.2) is 4.39 Å². The van der Waals surface area contributed by atoms with Crippen molar-refractivity contribution >= 4 is 11.8 Å². The third-order valence-electron chi connectivity index (χ3n) is 4.75. The molecule has 3 rings (SSSR count). The minimum Gasteiger partial charge on any atom is -0.339 e. The van der Waals surface area contributed by atoms with Crippen molar-refractivity contribution < 1.29 is 14.0 Å². The normalized spacial score (nSPS) is 18.8. The third-order valence-corrected chi connectivity index (χ3v) is 4.75. The van der Waals surface area contributed by atoms with Crippen LogP contribution in [-0.4, -0.2) is 47.8 Å². The molecule has 1 aromatic carbocycles. The van der Waals surface area contributed by atoms with E-state index in [1.165, 1.54) is 12.1 Å². The first-order valence-corrected chi connectivity index (χ1v) is 8.55. The fourth-order valence-electron chi connectivity index (χ4n) is 3.40. The van der Waals surface area contributed by atoms with Gasteiger partial charge in [0.05, 0.1) is 11.1 Å². The second kappa shape index (κ2) is 7.11. The summed E-state index contributed by atoms with van der Waals surface area (Å²) >= 11 is 0. The minimum absolute atomic E-state index is 0.0229. The Morgan fingerprint density at radius 3 is 1.52 bits per heavy atom. The Balaban J connectivity index is 1.82. The third kappa shape index (κ3) is 3.38. The van der Waals surface area contributed by atoms with Crippen LogP contribution < -0.4 is 0 Å². The minimum atomic E-state index is -0.668. The van der Waals surface area contributed by atoms with Gasteiger partial charge in [0, 0.05) is 26.2 Å². The predicted molar refractivity (Wildman–Crippen MR) is 85.9 cm³/mol.